The Morgan fingerprint density at radius 3 is 2.68 bits per heavy atom. The van der Waals surface area contributed by atoms with Gasteiger partial charge in [-0.1, -0.05) is 18.2 Å². The summed E-state index contributed by atoms with van der Waals surface area (Å²) in [5, 5.41) is 4.04. The van der Waals surface area contributed by atoms with E-state index in [-0.39, 0.29) is 18.1 Å². The van der Waals surface area contributed by atoms with Crippen LogP contribution < -0.4 is 5.32 Å². The van der Waals surface area contributed by atoms with E-state index < -0.39 is 0 Å². The Morgan fingerprint density at radius 1 is 1.14 bits per heavy atom. The number of ether oxygens (including phenoxy) is 1. The third kappa shape index (κ3) is 3.03. The van der Waals surface area contributed by atoms with Crippen LogP contribution in [0, 0.1) is 0 Å². The fourth-order valence-electron chi connectivity index (χ4n) is 3.65. The van der Waals surface area contributed by atoms with Crippen LogP contribution >= 0.6 is 12.2 Å². The molecule has 0 radical (unpaired) electrons. The molecule has 3 heterocycles. The molecule has 3 aromatic rings. The zero-order valence-corrected chi connectivity index (χ0v) is 16.4. The fraction of sp³-hybridized carbons (Fsp3) is 0.190. The summed E-state index contributed by atoms with van der Waals surface area (Å²) in [6, 6.07) is 17.1. The smallest absolute Gasteiger partial charge is 0.339 e. The number of thiocarbonyl (C=S) groups is 1. The van der Waals surface area contributed by atoms with Crippen LogP contribution in [0.3, 0.4) is 0 Å². The van der Waals surface area contributed by atoms with Gasteiger partial charge in [0.15, 0.2) is 5.11 Å². The molecule has 1 aromatic carbocycles. The van der Waals surface area contributed by atoms with Crippen LogP contribution in [-0.2, 0) is 4.74 Å². The molecule has 0 aliphatic carbocycles. The van der Waals surface area contributed by atoms with E-state index in [1.165, 1.54) is 7.11 Å². The first kappa shape index (κ1) is 18.2. The van der Waals surface area contributed by atoms with Crippen molar-refractivity contribution in [3.8, 4) is 5.69 Å². The van der Waals surface area contributed by atoms with Crippen molar-refractivity contribution >= 4 is 23.3 Å². The predicted molar refractivity (Wildman–Crippen MR) is 110 cm³/mol. The van der Waals surface area contributed by atoms with Crippen molar-refractivity contribution < 1.29 is 9.53 Å². The molecule has 1 aliphatic heterocycles. The number of rotatable bonds is 4. The molecule has 0 bridgehead atoms. The number of nitrogens with zero attached hydrogens (tertiary/aromatic N) is 3. The van der Waals surface area contributed by atoms with Gasteiger partial charge in [-0.05, 0) is 48.6 Å². The molecule has 7 heteroatoms. The van der Waals surface area contributed by atoms with Gasteiger partial charge in [-0.2, -0.15) is 0 Å². The number of carbonyl (C=O) groups is 1. The summed E-state index contributed by atoms with van der Waals surface area (Å²) in [6.07, 6.45) is 3.73. The number of methoxy groups -OCH3 is 1. The number of pyridine rings is 1. The van der Waals surface area contributed by atoms with Crippen LogP contribution in [-0.4, -0.2) is 39.7 Å². The van der Waals surface area contributed by atoms with Gasteiger partial charge in [0.1, 0.15) is 0 Å². The third-order valence-corrected chi connectivity index (χ3v) is 5.40. The van der Waals surface area contributed by atoms with Crippen LogP contribution in [0.25, 0.3) is 5.69 Å². The van der Waals surface area contributed by atoms with E-state index in [0.29, 0.717) is 10.7 Å². The Hall–Kier alpha value is -3.19. The summed E-state index contributed by atoms with van der Waals surface area (Å²) >= 11 is 5.52. The van der Waals surface area contributed by atoms with E-state index in [0.717, 1.165) is 17.1 Å². The van der Waals surface area contributed by atoms with Crippen LogP contribution in [0.1, 0.15) is 33.8 Å². The standard InChI is InChI=1S/C21H20N4O2S/c1-24-19(18(23-21(24)28)15-9-5-6-12-22-15)17-11-7-13-25(17)16-10-4-3-8-14(16)20(26)27-2/h3-13,18-19H,1-2H3,(H,23,28)/t18-,19-/m0/s1. The lowest BCUT2D eigenvalue weighted by Gasteiger charge is -2.26. The maximum absolute atomic E-state index is 12.3. The molecule has 1 fully saturated rings. The number of carbonyl (C=O) groups excluding carboxylic acids is 1. The molecule has 6 nitrogen and oxygen atoms in total. The lowest BCUT2D eigenvalue weighted by molar-refractivity contribution is 0.0600. The van der Waals surface area contributed by atoms with Gasteiger partial charge in [-0.15, -0.1) is 0 Å². The SMILES string of the molecule is COC(=O)c1ccccc1-n1cccc1[C@H]1[C@H](c2ccccn2)NC(=S)N1C. The largest absolute Gasteiger partial charge is 0.465 e. The number of para-hydroxylation sites is 1. The van der Waals surface area contributed by atoms with E-state index in [1.807, 2.05) is 71.2 Å². The molecule has 1 saturated heterocycles. The average Bonchev–Trinajstić information content (AvgIpc) is 3.32. The lowest BCUT2D eigenvalue weighted by atomic mass is 10.0. The minimum absolute atomic E-state index is 0.0805. The zero-order valence-electron chi connectivity index (χ0n) is 15.6. The summed E-state index contributed by atoms with van der Waals surface area (Å²) in [6.45, 7) is 0. The summed E-state index contributed by atoms with van der Waals surface area (Å²) < 4.78 is 6.98. The molecular formula is C21H20N4O2S. The molecule has 0 spiro atoms. The monoisotopic (exact) mass is 392 g/mol. The summed E-state index contributed by atoms with van der Waals surface area (Å²) in [5.74, 6) is -0.370. The molecule has 0 saturated carbocycles. The molecule has 4 rings (SSSR count). The zero-order chi connectivity index (χ0) is 19.7. The van der Waals surface area contributed by atoms with Crippen molar-refractivity contribution in [2.45, 2.75) is 12.1 Å². The Bertz CT molecular complexity index is 1020. The van der Waals surface area contributed by atoms with Gasteiger partial charge in [-0.25, -0.2) is 4.79 Å². The third-order valence-electron chi connectivity index (χ3n) is 4.99. The molecule has 1 aliphatic rings. The number of benzene rings is 1. The van der Waals surface area contributed by atoms with E-state index >= 15 is 0 Å². The van der Waals surface area contributed by atoms with Crippen LogP contribution in [0.2, 0.25) is 0 Å². The van der Waals surface area contributed by atoms with Crippen LogP contribution in [0.5, 0.6) is 0 Å². The van der Waals surface area contributed by atoms with Gasteiger partial charge >= 0.3 is 5.97 Å². The maximum atomic E-state index is 12.3. The van der Waals surface area contributed by atoms with E-state index in [2.05, 4.69) is 10.3 Å². The Kier molecular flexibility index (Phi) is 4.83. The molecule has 142 valence electrons. The van der Waals surface area contributed by atoms with Crippen molar-refractivity contribution in [1.29, 1.82) is 0 Å². The summed E-state index contributed by atoms with van der Waals surface area (Å²) in [4.78, 5) is 18.8. The predicted octanol–water partition coefficient (Wildman–Crippen LogP) is 3.26. The fourth-order valence-corrected chi connectivity index (χ4v) is 3.89. The summed E-state index contributed by atoms with van der Waals surface area (Å²) in [7, 11) is 3.35. The lowest BCUT2D eigenvalue weighted by Crippen LogP contribution is -2.26. The second-order valence-corrected chi connectivity index (χ2v) is 6.94. The molecule has 2 atom stereocenters. The molecule has 0 unspecified atom stereocenters. The van der Waals surface area contributed by atoms with Crippen molar-refractivity contribution in [2.24, 2.45) is 0 Å². The highest BCUT2D eigenvalue weighted by Gasteiger charge is 2.39. The van der Waals surface area contributed by atoms with Gasteiger partial charge < -0.3 is 19.5 Å². The minimum atomic E-state index is -0.370. The second kappa shape index (κ2) is 7.44. The molecule has 0 amide bonds. The van der Waals surface area contributed by atoms with Crippen molar-refractivity contribution in [3.05, 3.63) is 83.9 Å². The van der Waals surface area contributed by atoms with E-state index in [9.17, 15) is 4.79 Å². The molecule has 1 N–H and O–H groups in total. The highest BCUT2D eigenvalue weighted by Crippen LogP contribution is 2.38. The number of esters is 1. The number of aromatic nitrogens is 2. The molecular weight excluding hydrogens is 372 g/mol. The van der Waals surface area contributed by atoms with E-state index in [1.54, 1.807) is 12.3 Å². The number of hydrogen-bond donors (Lipinski definition) is 1. The first-order valence-corrected chi connectivity index (χ1v) is 9.32. The first-order valence-electron chi connectivity index (χ1n) is 8.91. The topological polar surface area (TPSA) is 59.4 Å². The maximum Gasteiger partial charge on any atom is 0.339 e. The quantitative estimate of drug-likeness (QED) is 0.543. The van der Waals surface area contributed by atoms with Crippen molar-refractivity contribution in [1.82, 2.24) is 19.8 Å². The number of hydrogen-bond acceptors (Lipinski definition) is 4. The van der Waals surface area contributed by atoms with Gasteiger partial charge in [0.05, 0.1) is 36.1 Å². The Morgan fingerprint density at radius 2 is 1.93 bits per heavy atom. The normalized spacial score (nSPS) is 18.8. The van der Waals surface area contributed by atoms with E-state index in [4.69, 9.17) is 17.0 Å². The second-order valence-electron chi connectivity index (χ2n) is 6.55. The molecule has 28 heavy (non-hydrogen) atoms. The van der Waals surface area contributed by atoms with Gasteiger partial charge in [0.25, 0.3) is 0 Å². The number of likely N-dealkylation sites (N-methyl/N-ethyl adjacent to an activating group) is 1. The van der Waals surface area contributed by atoms with Gasteiger partial charge in [0, 0.05) is 25.1 Å². The highest BCUT2D eigenvalue weighted by atomic mass is 32.1. The first-order chi connectivity index (χ1) is 13.6. The van der Waals surface area contributed by atoms with Gasteiger partial charge in [0.2, 0.25) is 0 Å². The minimum Gasteiger partial charge on any atom is -0.465 e. The molecule has 2 aromatic heterocycles. The highest BCUT2D eigenvalue weighted by molar-refractivity contribution is 7.80. The van der Waals surface area contributed by atoms with Gasteiger partial charge in [-0.3, -0.25) is 4.98 Å². The Labute approximate surface area is 168 Å². The van der Waals surface area contributed by atoms with Crippen LogP contribution in [0.4, 0.5) is 0 Å². The van der Waals surface area contributed by atoms with Crippen molar-refractivity contribution in [2.75, 3.05) is 14.2 Å². The number of nitrogens with one attached hydrogen (secondary N) is 1. The summed E-state index contributed by atoms with van der Waals surface area (Å²) in [5.41, 5.74) is 3.18. The average molecular weight is 392 g/mol. The van der Waals surface area contributed by atoms with Crippen LogP contribution in [0.15, 0.2) is 67.0 Å². The van der Waals surface area contributed by atoms with Crippen molar-refractivity contribution in [3.63, 3.8) is 0 Å². The Balaban J connectivity index is 1.83.